The monoisotopic (exact) mass is 401 g/mol. The van der Waals surface area contributed by atoms with Gasteiger partial charge in [-0.2, -0.15) is 13.2 Å². The van der Waals surface area contributed by atoms with Crippen LogP contribution in [0.1, 0.15) is 46.6 Å². The van der Waals surface area contributed by atoms with E-state index in [-0.39, 0.29) is 12.5 Å². The van der Waals surface area contributed by atoms with Crippen LogP contribution in [0.15, 0.2) is 42.7 Å². The fraction of sp³-hybridized carbons (Fsp3) is 0.286. The normalized spacial score (nSPS) is 15.3. The van der Waals surface area contributed by atoms with E-state index in [0.29, 0.717) is 17.9 Å². The number of carbonyl (C=O) groups is 1. The number of carbonyl (C=O) groups excluding carboxylic acids is 1. The molecule has 1 aliphatic heterocycles. The van der Waals surface area contributed by atoms with Gasteiger partial charge < -0.3 is 10.1 Å². The van der Waals surface area contributed by atoms with Crippen molar-refractivity contribution in [3.8, 4) is 0 Å². The number of hydrogen-bond donors (Lipinski definition) is 1. The third-order valence-corrected chi connectivity index (χ3v) is 5.05. The lowest BCUT2D eigenvalue weighted by atomic mass is 9.95. The molecule has 0 saturated carbocycles. The van der Waals surface area contributed by atoms with Crippen molar-refractivity contribution in [1.29, 1.82) is 0 Å². The van der Waals surface area contributed by atoms with E-state index >= 15 is 0 Å². The van der Waals surface area contributed by atoms with Crippen LogP contribution in [0.2, 0.25) is 0 Å². The molecule has 8 heteroatoms. The average molecular weight is 401 g/mol. The molecule has 1 aromatic carbocycles. The number of aromatic nitrogens is 2. The van der Waals surface area contributed by atoms with Crippen LogP contribution in [0.5, 0.6) is 0 Å². The minimum Gasteiger partial charge on any atom is -0.366 e. The Morgan fingerprint density at radius 1 is 1.17 bits per heavy atom. The first-order valence-electron chi connectivity index (χ1n) is 9.01. The molecule has 0 fully saturated rings. The van der Waals surface area contributed by atoms with Crippen LogP contribution in [-0.2, 0) is 29.7 Å². The Kier molecular flexibility index (Phi) is 4.53. The lowest BCUT2D eigenvalue weighted by molar-refractivity contribution is -0.137. The molecule has 0 unspecified atom stereocenters. The minimum absolute atomic E-state index is 0.0241. The van der Waals surface area contributed by atoms with Gasteiger partial charge in [-0.3, -0.25) is 14.8 Å². The molecule has 0 aliphatic carbocycles. The SMILES string of the molecule is CC1(C)OCc2c1cnc1ccc(C(=O)NCc3ccc(C(F)(F)F)cn3)cc21. The molecule has 0 bridgehead atoms. The highest BCUT2D eigenvalue weighted by molar-refractivity contribution is 5.98. The van der Waals surface area contributed by atoms with Crippen molar-refractivity contribution in [2.24, 2.45) is 0 Å². The van der Waals surface area contributed by atoms with Crippen molar-refractivity contribution in [2.75, 3.05) is 0 Å². The van der Waals surface area contributed by atoms with Crippen molar-refractivity contribution in [3.05, 3.63) is 70.7 Å². The summed E-state index contributed by atoms with van der Waals surface area (Å²) in [6, 6.07) is 7.40. The number of hydrogen-bond acceptors (Lipinski definition) is 4. The summed E-state index contributed by atoms with van der Waals surface area (Å²) in [6.45, 7) is 4.41. The molecule has 150 valence electrons. The van der Waals surface area contributed by atoms with Crippen molar-refractivity contribution in [2.45, 2.75) is 38.8 Å². The minimum atomic E-state index is -4.44. The van der Waals surface area contributed by atoms with E-state index in [1.807, 2.05) is 13.8 Å². The summed E-state index contributed by atoms with van der Waals surface area (Å²) in [5, 5.41) is 3.54. The molecule has 1 amide bonds. The highest BCUT2D eigenvalue weighted by atomic mass is 19.4. The molecule has 3 aromatic rings. The van der Waals surface area contributed by atoms with Gasteiger partial charge in [0.05, 0.1) is 35.5 Å². The number of alkyl halides is 3. The lowest BCUT2D eigenvalue weighted by Gasteiger charge is -2.17. The number of nitrogens with zero attached hydrogens (tertiary/aromatic N) is 2. The van der Waals surface area contributed by atoms with Gasteiger partial charge in [0, 0.05) is 28.9 Å². The number of rotatable bonds is 3. The summed E-state index contributed by atoms with van der Waals surface area (Å²) in [6.07, 6.45) is -1.87. The number of halogens is 3. The van der Waals surface area contributed by atoms with E-state index in [1.165, 1.54) is 6.07 Å². The first-order valence-corrected chi connectivity index (χ1v) is 9.01. The molecular formula is C21H18F3N3O2. The third kappa shape index (κ3) is 3.67. The highest BCUT2D eigenvalue weighted by Crippen LogP contribution is 2.38. The smallest absolute Gasteiger partial charge is 0.366 e. The van der Waals surface area contributed by atoms with Crippen molar-refractivity contribution >= 4 is 16.8 Å². The van der Waals surface area contributed by atoms with Crippen LogP contribution in [0.3, 0.4) is 0 Å². The summed E-state index contributed by atoms with van der Waals surface area (Å²) in [5.74, 6) is -0.343. The van der Waals surface area contributed by atoms with Crippen LogP contribution < -0.4 is 5.32 Å². The largest absolute Gasteiger partial charge is 0.417 e. The molecule has 2 aromatic heterocycles. The maximum atomic E-state index is 12.6. The van der Waals surface area contributed by atoms with Gasteiger partial charge in [0.1, 0.15) is 0 Å². The Balaban J connectivity index is 1.53. The first-order chi connectivity index (χ1) is 13.6. The standard InChI is InChI=1S/C21H18F3N3O2/c1-20(2)17-10-26-18-6-3-12(7-15(18)16(17)11-29-20)19(28)27-9-14-5-4-13(8-25-14)21(22,23)24/h3-8,10H,9,11H2,1-2H3,(H,27,28). The molecule has 1 N–H and O–H groups in total. The molecule has 0 radical (unpaired) electrons. The molecule has 5 nitrogen and oxygen atoms in total. The van der Waals surface area contributed by atoms with E-state index in [2.05, 4.69) is 15.3 Å². The predicted molar refractivity (Wildman–Crippen MR) is 100.0 cm³/mol. The summed E-state index contributed by atoms with van der Waals surface area (Å²) in [4.78, 5) is 20.8. The molecule has 4 rings (SSSR count). The fourth-order valence-corrected chi connectivity index (χ4v) is 3.36. The maximum absolute atomic E-state index is 12.6. The zero-order valence-electron chi connectivity index (χ0n) is 15.8. The second-order valence-electron chi connectivity index (χ2n) is 7.40. The van der Waals surface area contributed by atoms with E-state index in [4.69, 9.17) is 4.74 Å². The molecule has 0 atom stereocenters. The van der Waals surface area contributed by atoms with Gasteiger partial charge in [-0.25, -0.2) is 0 Å². The van der Waals surface area contributed by atoms with E-state index in [0.717, 1.165) is 34.3 Å². The van der Waals surface area contributed by atoms with Crippen molar-refractivity contribution in [1.82, 2.24) is 15.3 Å². The van der Waals surface area contributed by atoms with Gasteiger partial charge in [-0.15, -0.1) is 0 Å². The lowest BCUT2D eigenvalue weighted by Crippen LogP contribution is -2.23. The van der Waals surface area contributed by atoms with Gasteiger partial charge >= 0.3 is 6.18 Å². The molecule has 29 heavy (non-hydrogen) atoms. The Bertz CT molecular complexity index is 1090. The Labute approximate surface area is 164 Å². The van der Waals surface area contributed by atoms with Gasteiger partial charge in [-0.05, 0) is 49.7 Å². The summed E-state index contributed by atoms with van der Waals surface area (Å²) in [7, 11) is 0. The number of fused-ring (bicyclic) bond motifs is 3. The highest BCUT2D eigenvalue weighted by Gasteiger charge is 2.33. The molecule has 0 saturated heterocycles. The quantitative estimate of drug-likeness (QED) is 0.709. The average Bonchev–Trinajstić information content (AvgIpc) is 3.00. The number of amides is 1. The number of pyridine rings is 2. The third-order valence-electron chi connectivity index (χ3n) is 5.05. The molecular weight excluding hydrogens is 383 g/mol. The van der Waals surface area contributed by atoms with E-state index in [9.17, 15) is 18.0 Å². The maximum Gasteiger partial charge on any atom is 0.417 e. The number of ether oxygens (including phenoxy) is 1. The van der Waals surface area contributed by atoms with Gasteiger partial charge in [-0.1, -0.05) is 0 Å². The predicted octanol–water partition coefficient (Wildman–Crippen LogP) is 4.34. The second kappa shape index (κ2) is 6.81. The Morgan fingerprint density at radius 3 is 2.66 bits per heavy atom. The van der Waals surface area contributed by atoms with Crippen LogP contribution in [0, 0.1) is 0 Å². The molecule has 0 spiro atoms. The number of nitrogens with one attached hydrogen (secondary N) is 1. The molecule has 1 aliphatic rings. The zero-order chi connectivity index (χ0) is 20.8. The van der Waals surface area contributed by atoms with Crippen LogP contribution in [0.4, 0.5) is 13.2 Å². The summed E-state index contributed by atoms with van der Waals surface area (Å²) < 4.78 is 43.6. The fourth-order valence-electron chi connectivity index (χ4n) is 3.36. The van der Waals surface area contributed by atoms with Crippen molar-refractivity contribution < 1.29 is 22.7 Å². The Morgan fingerprint density at radius 2 is 1.97 bits per heavy atom. The zero-order valence-corrected chi connectivity index (χ0v) is 15.8. The summed E-state index contributed by atoms with van der Waals surface area (Å²) in [5.41, 5.74) is 2.30. The van der Waals surface area contributed by atoms with Gasteiger partial charge in [0.2, 0.25) is 0 Å². The van der Waals surface area contributed by atoms with Gasteiger partial charge in [0.15, 0.2) is 0 Å². The number of benzene rings is 1. The van der Waals surface area contributed by atoms with E-state index < -0.39 is 17.3 Å². The van der Waals surface area contributed by atoms with Crippen LogP contribution >= 0.6 is 0 Å². The van der Waals surface area contributed by atoms with Gasteiger partial charge in [0.25, 0.3) is 5.91 Å². The Hall–Kier alpha value is -3.00. The second-order valence-corrected chi connectivity index (χ2v) is 7.40. The summed E-state index contributed by atoms with van der Waals surface area (Å²) >= 11 is 0. The van der Waals surface area contributed by atoms with Crippen LogP contribution in [0.25, 0.3) is 10.9 Å². The van der Waals surface area contributed by atoms with E-state index in [1.54, 1.807) is 24.4 Å². The molecule has 3 heterocycles. The van der Waals surface area contributed by atoms with Crippen LogP contribution in [-0.4, -0.2) is 15.9 Å². The first kappa shape index (κ1) is 19.3. The van der Waals surface area contributed by atoms with Crippen molar-refractivity contribution in [3.63, 3.8) is 0 Å². The topological polar surface area (TPSA) is 64.1 Å².